The molecule has 0 bridgehead atoms. The highest BCUT2D eigenvalue weighted by Gasteiger charge is 2.30. The number of nitrogens with zero attached hydrogens (tertiary/aromatic N) is 2. The monoisotopic (exact) mass is 265 g/mol. The Bertz CT molecular complexity index is 433. The number of hydrogen-bond acceptors (Lipinski definition) is 3. The predicted octanol–water partition coefficient (Wildman–Crippen LogP) is 1.67. The molecule has 0 aromatic heterocycles. The first-order valence-electron chi connectivity index (χ1n) is 6.86. The SMILES string of the molecule is CC1CN(Cc2cc(F)cc(CN)c2)CC1N(C)C. The van der Waals surface area contributed by atoms with Crippen LogP contribution in [0, 0.1) is 11.7 Å². The smallest absolute Gasteiger partial charge is 0.123 e. The van der Waals surface area contributed by atoms with Crippen molar-refractivity contribution in [3.05, 3.63) is 35.1 Å². The lowest BCUT2D eigenvalue weighted by molar-refractivity contribution is 0.250. The van der Waals surface area contributed by atoms with Crippen molar-refractivity contribution in [3.8, 4) is 0 Å². The van der Waals surface area contributed by atoms with Crippen LogP contribution in [0.15, 0.2) is 18.2 Å². The third kappa shape index (κ3) is 3.53. The van der Waals surface area contributed by atoms with Gasteiger partial charge in [0.2, 0.25) is 0 Å². The number of hydrogen-bond donors (Lipinski definition) is 1. The van der Waals surface area contributed by atoms with E-state index in [2.05, 4.69) is 30.8 Å². The maximum atomic E-state index is 13.5. The van der Waals surface area contributed by atoms with Crippen LogP contribution in [0.25, 0.3) is 0 Å². The molecule has 0 spiro atoms. The van der Waals surface area contributed by atoms with E-state index in [1.165, 1.54) is 6.07 Å². The normalized spacial score (nSPS) is 24.3. The summed E-state index contributed by atoms with van der Waals surface area (Å²) >= 11 is 0. The van der Waals surface area contributed by atoms with Crippen molar-refractivity contribution in [3.63, 3.8) is 0 Å². The van der Waals surface area contributed by atoms with Gasteiger partial charge in [-0.15, -0.1) is 0 Å². The van der Waals surface area contributed by atoms with E-state index in [0.717, 1.165) is 30.8 Å². The van der Waals surface area contributed by atoms with Gasteiger partial charge in [-0.3, -0.25) is 4.90 Å². The van der Waals surface area contributed by atoms with E-state index in [4.69, 9.17) is 5.73 Å². The van der Waals surface area contributed by atoms with Gasteiger partial charge in [0.15, 0.2) is 0 Å². The molecular weight excluding hydrogens is 241 g/mol. The number of rotatable bonds is 4. The second-order valence-electron chi connectivity index (χ2n) is 5.87. The summed E-state index contributed by atoms with van der Waals surface area (Å²) in [4.78, 5) is 4.67. The highest BCUT2D eigenvalue weighted by molar-refractivity contribution is 5.24. The van der Waals surface area contributed by atoms with E-state index >= 15 is 0 Å². The molecule has 0 amide bonds. The third-order valence-corrected chi connectivity index (χ3v) is 3.97. The van der Waals surface area contributed by atoms with Gasteiger partial charge < -0.3 is 10.6 Å². The zero-order valence-electron chi connectivity index (χ0n) is 12.1. The fourth-order valence-corrected chi connectivity index (χ4v) is 3.03. The van der Waals surface area contributed by atoms with Gasteiger partial charge >= 0.3 is 0 Å². The fourth-order valence-electron chi connectivity index (χ4n) is 3.03. The summed E-state index contributed by atoms with van der Waals surface area (Å²) in [5.41, 5.74) is 7.48. The molecule has 1 fully saturated rings. The molecule has 3 nitrogen and oxygen atoms in total. The molecule has 0 radical (unpaired) electrons. The van der Waals surface area contributed by atoms with E-state index < -0.39 is 0 Å². The summed E-state index contributed by atoms with van der Waals surface area (Å²) < 4.78 is 13.5. The molecule has 2 rings (SSSR count). The molecular formula is C15H24FN3. The van der Waals surface area contributed by atoms with Crippen molar-refractivity contribution in [2.75, 3.05) is 27.2 Å². The fraction of sp³-hybridized carbons (Fsp3) is 0.600. The molecule has 1 aliphatic heterocycles. The number of benzene rings is 1. The first-order chi connectivity index (χ1) is 8.99. The van der Waals surface area contributed by atoms with Crippen LogP contribution in [0.1, 0.15) is 18.1 Å². The molecule has 106 valence electrons. The topological polar surface area (TPSA) is 32.5 Å². The van der Waals surface area contributed by atoms with Crippen LogP contribution in [0.3, 0.4) is 0 Å². The van der Waals surface area contributed by atoms with E-state index in [1.54, 1.807) is 6.07 Å². The molecule has 2 atom stereocenters. The molecule has 2 N–H and O–H groups in total. The second-order valence-corrected chi connectivity index (χ2v) is 5.87. The van der Waals surface area contributed by atoms with E-state index in [-0.39, 0.29) is 5.82 Å². The largest absolute Gasteiger partial charge is 0.326 e. The lowest BCUT2D eigenvalue weighted by Crippen LogP contribution is -2.34. The summed E-state index contributed by atoms with van der Waals surface area (Å²) in [6.45, 7) is 5.59. The highest BCUT2D eigenvalue weighted by Crippen LogP contribution is 2.22. The Morgan fingerprint density at radius 3 is 2.53 bits per heavy atom. The minimum Gasteiger partial charge on any atom is -0.326 e. The molecule has 1 aliphatic rings. The van der Waals surface area contributed by atoms with E-state index in [9.17, 15) is 4.39 Å². The van der Waals surface area contributed by atoms with Gasteiger partial charge in [-0.05, 0) is 43.3 Å². The highest BCUT2D eigenvalue weighted by atomic mass is 19.1. The second kappa shape index (κ2) is 5.99. The van der Waals surface area contributed by atoms with Crippen LogP contribution < -0.4 is 5.73 Å². The Labute approximate surface area is 115 Å². The number of halogens is 1. The van der Waals surface area contributed by atoms with Crippen molar-refractivity contribution >= 4 is 0 Å². The Kier molecular flexibility index (Phi) is 4.55. The van der Waals surface area contributed by atoms with Gasteiger partial charge in [-0.1, -0.05) is 13.0 Å². The Balaban J connectivity index is 2.04. The number of likely N-dealkylation sites (N-methyl/N-ethyl adjacent to an activating group) is 1. The van der Waals surface area contributed by atoms with E-state index in [0.29, 0.717) is 18.5 Å². The minimum atomic E-state index is -0.186. The lowest BCUT2D eigenvalue weighted by Gasteiger charge is -2.22. The quantitative estimate of drug-likeness (QED) is 0.899. The van der Waals surface area contributed by atoms with Crippen LogP contribution in [0.2, 0.25) is 0 Å². The van der Waals surface area contributed by atoms with E-state index in [1.807, 2.05) is 6.07 Å². The molecule has 1 heterocycles. The van der Waals surface area contributed by atoms with Crippen LogP contribution in [0.4, 0.5) is 4.39 Å². The van der Waals surface area contributed by atoms with Gasteiger partial charge in [-0.25, -0.2) is 4.39 Å². The Morgan fingerprint density at radius 2 is 1.95 bits per heavy atom. The van der Waals surface area contributed by atoms with Gasteiger partial charge in [0.1, 0.15) is 5.82 Å². The van der Waals surface area contributed by atoms with Gasteiger partial charge in [-0.2, -0.15) is 0 Å². The van der Waals surface area contributed by atoms with Crippen LogP contribution >= 0.6 is 0 Å². The standard InChI is InChI=1S/C15H24FN3/c1-11-8-19(10-15(11)18(2)3)9-13-4-12(7-17)5-14(16)6-13/h4-6,11,15H,7-10,17H2,1-3H3. The summed E-state index contributed by atoms with van der Waals surface area (Å²) in [6.07, 6.45) is 0. The van der Waals surface area contributed by atoms with Crippen LogP contribution in [-0.2, 0) is 13.1 Å². The van der Waals surface area contributed by atoms with Gasteiger partial charge in [0.25, 0.3) is 0 Å². The maximum absolute atomic E-state index is 13.5. The average Bonchev–Trinajstić information content (AvgIpc) is 2.69. The molecule has 0 saturated carbocycles. The van der Waals surface area contributed by atoms with Crippen molar-refractivity contribution in [2.45, 2.75) is 26.1 Å². The summed E-state index contributed by atoms with van der Waals surface area (Å²) in [5.74, 6) is 0.465. The van der Waals surface area contributed by atoms with Crippen molar-refractivity contribution < 1.29 is 4.39 Å². The zero-order chi connectivity index (χ0) is 14.0. The number of likely N-dealkylation sites (tertiary alicyclic amines) is 1. The molecule has 0 aliphatic carbocycles. The molecule has 1 aromatic carbocycles. The lowest BCUT2D eigenvalue weighted by atomic mass is 10.1. The molecule has 1 aromatic rings. The summed E-state index contributed by atoms with van der Waals surface area (Å²) in [5, 5.41) is 0. The zero-order valence-corrected chi connectivity index (χ0v) is 12.1. The first-order valence-corrected chi connectivity index (χ1v) is 6.86. The van der Waals surface area contributed by atoms with Crippen LogP contribution in [-0.4, -0.2) is 43.0 Å². The molecule has 1 saturated heterocycles. The van der Waals surface area contributed by atoms with Crippen molar-refractivity contribution in [2.24, 2.45) is 11.7 Å². The van der Waals surface area contributed by atoms with Crippen molar-refractivity contribution in [1.82, 2.24) is 9.80 Å². The molecule has 4 heteroatoms. The minimum absolute atomic E-state index is 0.186. The average molecular weight is 265 g/mol. The van der Waals surface area contributed by atoms with Gasteiger partial charge in [0, 0.05) is 32.2 Å². The number of nitrogens with two attached hydrogens (primary N) is 1. The predicted molar refractivity (Wildman–Crippen MR) is 76.2 cm³/mol. The summed E-state index contributed by atoms with van der Waals surface area (Å²) in [6, 6.07) is 5.73. The third-order valence-electron chi connectivity index (χ3n) is 3.97. The summed E-state index contributed by atoms with van der Waals surface area (Å²) in [7, 11) is 4.25. The Morgan fingerprint density at radius 1 is 1.26 bits per heavy atom. The maximum Gasteiger partial charge on any atom is 0.123 e. The Hall–Kier alpha value is -0.970. The van der Waals surface area contributed by atoms with Gasteiger partial charge in [0.05, 0.1) is 0 Å². The van der Waals surface area contributed by atoms with Crippen LogP contribution in [0.5, 0.6) is 0 Å². The molecule has 19 heavy (non-hydrogen) atoms. The molecule has 2 unspecified atom stereocenters. The van der Waals surface area contributed by atoms with Crippen molar-refractivity contribution in [1.29, 1.82) is 0 Å². The first kappa shape index (κ1) is 14.4.